The van der Waals surface area contributed by atoms with Crippen LogP contribution in [0.2, 0.25) is 0 Å². The third-order valence-corrected chi connectivity index (χ3v) is 4.44. The van der Waals surface area contributed by atoms with E-state index >= 15 is 0 Å². The van der Waals surface area contributed by atoms with Gasteiger partial charge in [-0.05, 0) is 49.3 Å². The summed E-state index contributed by atoms with van der Waals surface area (Å²) >= 11 is 0. The number of fused-ring (bicyclic) bond motifs is 1. The van der Waals surface area contributed by atoms with Crippen molar-refractivity contribution in [3.8, 4) is 5.75 Å². The van der Waals surface area contributed by atoms with Crippen molar-refractivity contribution < 1.29 is 4.74 Å². The average molecular weight is 274 g/mol. The van der Waals surface area contributed by atoms with Crippen LogP contribution in [0.4, 0.5) is 0 Å². The minimum atomic E-state index is 0.848. The molecule has 0 aromatic heterocycles. The van der Waals surface area contributed by atoms with Gasteiger partial charge in [-0.15, -0.1) is 0 Å². The van der Waals surface area contributed by atoms with Crippen molar-refractivity contribution in [2.75, 3.05) is 39.3 Å². The molecule has 1 N–H and O–H groups in total. The van der Waals surface area contributed by atoms with Crippen LogP contribution in [0.5, 0.6) is 5.75 Å². The van der Waals surface area contributed by atoms with Gasteiger partial charge in [0, 0.05) is 32.7 Å². The van der Waals surface area contributed by atoms with Gasteiger partial charge in [0.1, 0.15) is 5.75 Å². The summed E-state index contributed by atoms with van der Waals surface area (Å²) in [6.07, 6.45) is 6.20. The largest absolute Gasteiger partial charge is 0.493 e. The fraction of sp³-hybridized carbons (Fsp3) is 0.647. The van der Waals surface area contributed by atoms with Crippen molar-refractivity contribution >= 4 is 0 Å². The Morgan fingerprint density at radius 1 is 1.10 bits per heavy atom. The summed E-state index contributed by atoms with van der Waals surface area (Å²) in [6, 6.07) is 6.56. The number of hydrogen-bond donors (Lipinski definition) is 1. The first-order chi connectivity index (χ1) is 9.93. The summed E-state index contributed by atoms with van der Waals surface area (Å²) in [5, 5.41) is 3.39. The van der Waals surface area contributed by atoms with Gasteiger partial charge in [-0.2, -0.15) is 0 Å². The fourth-order valence-corrected chi connectivity index (χ4v) is 3.29. The third-order valence-electron chi connectivity index (χ3n) is 4.44. The molecule has 0 atom stereocenters. The van der Waals surface area contributed by atoms with E-state index in [0.29, 0.717) is 0 Å². The molecule has 1 fully saturated rings. The molecule has 3 rings (SSSR count). The number of ether oxygens (including phenoxy) is 1. The predicted octanol–water partition coefficient (Wildman–Crippen LogP) is 2.24. The predicted molar refractivity (Wildman–Crippen MR) is 82.5 cm³/mol. The molecule has 1 aromatic carbocycles. The number of piperazine rings is 1. The van der Waals surface area contributed by atoms with E-state index in [4.69, 9.17) is 4.74 Å². The van der Waals surface area contributed by atoms with Gasteiger partial charge >= 0.3 is 0 Å². The SMILES string of the molecule is c1cc2c(c(OCCCN3CCNCC3)c1)CCCC2. The highest BCUT2D eigenvalue weighted by molar-refractivity contribution is 5.41. The number of rotatable bonds is 5. The zero-order valence-electron chi connectivity index (χ0n) is 12.4. The topological polar surface area (TPSA) is 24.5 Å². The van der Waals surface area contributed by atoms with Crippen molar-refractivity contribution in [2.24, 2.45) is 0 Å². The Kier molecular flexibility index (Phi) is 4.93. The molecular weight excluding hydrogens is 248 g/mol. The van der Waals surface area contributed by atoms with Crippen LogP contribution in [0.15, 0.2) is 18.2 Å². The molecule has 0 saturated carbocycles. The van der Waals surface area contributed by atoms with Crippen LogP contribution in [0.1, 0.15) is 30.4 Å². The smallest absolute Gasteiger partial charge is 0.122 e. The van der Waals surface area contributed by atoms with E-state index in [1.165, 1.54) is 49.9 Å². The van der Waals surface area contributed by atoms with E-state index in [0.717, 1.165) is 38.4 Å². The standard InChI is InChI=1S/C17H26N2O/c1-2-7-16-15(5-1)6-3-8-17(16)20-14-4-11-19-12-9-18-10-13-19/h3,6,8,18H,1-2,4-5,7,9-14H2. The minimum Gasteiger partial charge on any atom is -0.493 e. The maximum atomic E-state index is 6.05. The van der Waals surface area contributed by atoms with Crippen LogP contribution in [-0.4, -0.2) is 44.2 Å². The molecule has 3 nitrogen and oxygen atoms in total. The van der Waals surface area contributed by atoms with Gasteiger partial charge in [0.2, 0.25) is 0 Å². The van der Waals surface area contributed by atoms with E-state index in [1.807, 2.05) is 0 Å². The average Bonchev–Trinajstić information content (AvgIpc) is 2.53. The Bertz CT molecular complexity index is 427. The van der Waals surface area contributed by atoms with Crippen molar-refractivity contribution in [2.45, 2.75) is 32.1 Å². The van der Waals surface area contributed by atoms with E-state index < -0.39 is 0 Å². The molecular formula is C17H26N2O. The van der Waals surface area contributed by atoms with Crippen LogP contribution in [0.3, 0.4) is 0 Å². The second kappa shape index (κ2) is 7.09. The van der Waals surface area contributed by atoms with Crippen molar-refractivity contribution in [3.05, 3.63) is 29.3 Å². The molecule has 0 amide bonds. The van der Waals surface area contributed by atoms with Crippen molar-refractivity contribution in [1.82, 2.24) is 10.2 Å². The van der Waals surface area contributed by atoms with Crippen LogP contribution in [0.25, 0.3) is 0 Å². The maximum Gasteiger partial charge on any atom is 0.122 e. The molecule has 1 heterocycles. The zero-order chi connectivity index (χ0) is 13.6. The maximum absolute atomic E-state index is 6.05. The number of nitrogens with zero attached hydrogens (tertiary/aromatic N) is 1. The quantitative estimate of drug-likeness (QED) is 0.833. The number of benzene rings is 1. The Hall–Kier alpha value is -1.06. The van der Waals surface area contributed by atoms with Crippen LogP contribution >= 0.6 is 0 Å². The van der Waals surface area contributed by atoms with Gasteiger partial charge in [-0.25, -0.2) is 0 Å². The summed E-state index contributed by atoms with van der Waals surface area (Å²) in [5.74, 6) is 1.14. The lowest BCUT2D eigenvalue weighted by Crippen LogP contribution is -2.43. The Morgan fingerprint density at radius 2 is 1.95 bits per heavy atom. The summed E-state index contributed by atoms with van der Waals surface area (Å²) in [7, 11) is 0. The molecule has 0 bridgehead atoms. The van der Waals surface area contributed by atoms with Crippen molar-refractivity contribution in [1.29, 1.82) is 0 Å². The Labute approximate surface area is 122 Å². The van der Waals surface area contributed by atoms with Gasteiger partial charge in [0.15, 0.2) is 0 Å². The lowest BCUT2D eigenvalue weighted by Gasteiger charge is -2.27. The van der Waals surface area contributed by atoms with Crippen LogP contribution < -0.4 is 10.1 Å². The minimum absolute atomic E-state index is 0.848. The molecule has 110 valence electrons. The molecule has 1 saturated heterocycles. The second-order valence-electron chi connectivity index (χ2n) is 5.89. The summed E-state index contributed by atoms with van der Waals surface area (Å²) in [6.45, 7) is 6.64. The molecule has 3 heteroatoms. The Balaban J connectivity index is 1.46. The summed E-state index contributed by atoms with van der Waals surface area (Å²) in [4.78, 5) is 2.53. The molecule has 20 heavy (non-hydrogen) atoms. The molecule has 0 unspecified atom stereocenters. The van der Waals surface area contributed by atoms with E-state index in [-0.39, 0.29) is 0 Å². The van der Waals surface area contributed by atoms with Crippen LogP contribution in [0, 0.1) is 0 Å². The summed E-state index contributed by atoms with van der Waals surface area (Å²) in [5.41, 5.74) is 2.98. The molecule has 2 aliphatic rings. The van der Waals surface area contributed by atoms with Gasteiger partial charge in [0.05, 0.1) is 6.61 Å². The third kappa shape index (κ3) is 3.53. The summed E-state index contributed by atoms with van der Waals surface area (Å²) < 4.78 is 6.05. The van der Waals surface area contributed by atoms with E-state index in [2.05, 4.69) is 28.4 Å². The molecule has 1 aromatic rings. The van der Waals surface area contributed by atoms with Gasteiger partial charge in [-0.1, -0.05) is 12.1 Å². The number of nitrogens with one attached hydrogen (secondary N) is 1. The fourth-order valence-electron chi connectivity index (χ4n) is 3.29. The van der Waals surface area contributed by atoms with E-state index in [9.17, 15) is 0 Å². The second-order valence-corrected chi connectivity index (χ2v) is 5.89. The highest BCUT2D eigenvalue weighted by atomic mass is 16.5. The number of aryl methyl sites for hydroxylation is 1. The first kappa shape index (κ1) is 13.9. The highest BCUT2D eigenvalue weighted by Crippen LogP contribution is 2.29. The number of hydrogen-bond acceptors (Lipinski definition) is 3. The van der Waals surface area contributed by atoms with Crippen LogP contribution in [-0.2, 0) is 12.8 Å². The Morgan fingerprint density at radius 3 is 2.85 bits per heavy atom. The van der Waals surface area contributed by atoms with Gasteiger partial charge in [0.25, 0.3) is 0 Å². The lowest BCUT2D eigenvalue weighted by molar-refractivity contribution is 0.213. The van der Waals surface area contributed by atoms with Crippen molar-refractivity contribution in [3.63, 3.8) is 0 Å². The van der Waals surface area contributed by atoms with Gasteiger partial charge < -0.3 is 15.0 Å². The molecule has 0 spiro atoms. The first-order valence-electron chi connectivity index (χ1n) is 8.10. The normalized spacial score (nSPS) is 19.6. The van der Waals surface area contributed by atoms with E-state index in [1.54, 1.807) is 0 Å². The zero-order valence-corrected chi connectivity index (χ0v) is 12.4. The monoisotopic (exact) mass is 274 g/mol. The molecule has 0 radical (unpaired) electrons. The molecule has 1 aliphatic carbocycles. The lowest BCUT2D eigenvalue weighted by atomic mass is 9.91. The molecule has 1 aliphatic heterocycles. The first-order valence-corrected chi connectivity index (χ1v) is 8.10. The van der Waals surface area contributed by atoms with Gasteiger partial charge in [-0.3, -0.25) is 0 Å². The highest BCUT2D eigenvalue weighted by Gasteiger charge is 2.14.